The molecular weight excluding hydrogens is 256 g/mol. The maximum Gasteiger partial charge on any atom is 0.132 e. The highest BCUT2D eigenvalue weighted by molar-refractivity contribution is 7.99. The topological polar surface area (TPSA) is 90.2 Å². The monoisotopic (exact) mass is 278 g/mol. The summed E-state index contributed by atoms with van der Waals surface area (Å²) in [5.41, 5.74) is -0.615. The van der Waals surface area contributed by atoms with Gasteiger partial charge in [-0.05, 0) is 18.6 Å². The van der Waals surface area contributed by atoms with Crippen molar-refractivity contribution >= 4 is 11.8 Å². The Morgan fingerprint density at radius 2 is 1.83 bits per heavy atom. The molecule has 5 nitrogen and oxygen atoms in total. The van der Waals surface area contributed by atoms with Gasteiger partial charge in [0.1, 0.15) is 29.9 Å². The molecule has 1 saturated heterocycles. The molecule has 1 fully saturated rings. The largest absolute Gasteiger partial charge is 0.394 e. The number of aliphatic hydroxyl groups excluding tert-OH is 4. The van der Waals surface area contributed by atoms with E-state index < -0.39 is 29.9 Å². The molecule has 0 bridgehead atoms. The zero-order chi connectivity index (χ0) is 13.5. The van der Waals surface area contributed by atoms with Crippen LogP contribution in [0, 0.1) is 0 Å². The summed E-state index contributed by atoms with van der Waals surface area (Å²) in [6.45, 7) is 1.68. The minimum atomic E-state index is -1.28. The van der Waals surface area contributed by atoms with Gasteiger partial charge in [0, 0.05) is 0 Å². The van der Waals surface area contributed by atoms with Gasteiger partial charge in [-0.3, -0.25) is 0 Å². The maximum absolute atomic E-state index is 9.77. The Hall–Kier alpha value is -0.110. The summed E-state index contributed by atoms with van der Waals surface area (Å²) in [6.07, 6.45) is 1.46. The van der Waals surface area contributed by atoms with E-state index in [1.54, 1.807) is 0 Å². The number of ether oxygens (including phenoxy) is 1. The van der Waals surface area contributed by atoms with Crippen LogP contribution in [-0.4, -0.2) is 62.6 Å². The summed E-state index contributed by atoms with van der Waals surface area (Å²) in [7, 11) is 0. The Bertz CT molecular complexity index is 259. The third-order valence-electron chi connectivity index (χ3n) is 2.82. The predicted molar refractivity (Wildman–Crippen MR) is 70.3 cm³/mol. The molecule has 1 aliphatic heterocycles. The van der Waals surface area contributed by atoms with Crippen LogP contribution in [0.5, 0.6) is 0 Å². The molecule has 0 spiro atoms. The highest BCUT2D eigenvalue weighted by Crippen LogP contribution is 2.28. The van der Waals surface area contributed by atoms with E-state index in [4.69, 9.17) is 9.84 Å². The van der Waals surface area contributed by atoms with E-state index in [-0.39, 0.29) is 6.61 Å². The number of hydrogen-bond acceptors (Lipinski definition) is 6. The van der Waals surface area contributed by atoms with Crippen LogP contribution in [0.2, 0.25) is 0 Å². The molecule has 0 aromatic rings. The lowest BCUT2D eigenvalue weighted by molar-refractivity contribution is -0.205. The maximum atomic E-state index is 9.77. The van der Waals surface area contributed by atoms with Gasteiger partial charge in [0.15, 0.2) is 0 Å². The number of allylic oxidation sites excluding steroid dienone is 2. The number of aliphatic hydroxyl groups is 4. The SMILES string of the molecule is CC/C=C\CCSC1O[C@H](CO)[C@@H](O)[C@H](O)[C@H]1O. The van der Waals surface area contributed by atoms with Crippen molar-refractivity contribution < 1.29 is 25.2 Å². The molecule has 0 aliphatic carbocycles. The second-order valence-corrected chi connectivity index (χ2v) is 5.44. The van der Waals surface area contributed by atoms with Gasteiger partial charge in [-0.25, -0.2) is 0 Å². The third-order valence-corrected chi connectivity index (χ3v) is 4.01. The molecule has 1 unspecified atom stereocenters. The van der Waals surface area contributed by atoms with Crippen LogP contribution in [-0.2, 0) is 4.74 Å². The Labute approximate surface area is 111 Å². The lowest BCUT2D eigenvalue weighted by Crippen LogP contribution is -2.57. The Morgan fingerprint density at radius 1 is 1.11 bits per heavy atom. The summed E-state index contributed by atoms with van der Waals surface area (Å²) in [5.74, 6) is 0.749. The van der Waals surface area contributed by atoms with Gasteiger partial charge in [-0.1, -0.05) is 19.1 Å². The molecule has 0 radical (unpaired) electrons. The van der Waals surface area contributed by atoms with Crippen molar-refractivity contribution in [2.75, 3.05) is 12.4 Å². The number of hydrogen-bond donors (Lipinski definition) is 4. The first-order valence-corrected chi connectivity index (χ1v) is 7.23. The molecule has 0 amide bonds. The molecule has 106 valence electrons. The van der Waals surface area contributed by atoms with Gasteiger partial charge in [-0.2, -0.15) is 0 Å². The van der Waals surface area contributed by atoms with E-state index >= 15 is 0 Å². The van der Waals surface area contributed by atoms with E-state index in [0.29, 0.717) is 0 Å². The summed E-state index contributed by atoms with van der Waals surface area (Å²) in [4.78, 5) is 0. The van der Waals surface area contributed by atoms with E-state index in [0.717, 1.165) is 18.6 Å². The van der Waals surface area contributed by atoms with Crippen LogP contribution in [0.15, 0.2) is 12.2 Å². The van der Waals surface area contributed by atoms with Crippen molar-refractivity contribution in [3.8, 4) is 0 Å². The second kappa shape index (κ2) is 8.14. The van der Waals surface area contributed by atoms with Gasteiger partial charge in [-0.15, -0.1) is 11.8 Å². The van der Waals surface area contributed by atoms with Crippen LogP contribution < -0.4 is 0 Å². The molecule has 0 aromatic carbocycles. The van der Waals surface area contributed by atoms with Crippen molar-refractivity contribution in [2.45, 2.75) is 49.6 Å². The fourth-order valence-corrected chi connectivity index (χ4v) is 2.83. The Morgan fingerprint density at radius 3 is 2.44 bits per heavy atom. The standard InChI is InChI=1S/C12H22O5S/c1-2-3-4-5-6-18-12-11(16)10(15)9(14)8(7-13)17-12/h3-4,8-16H,2,5-7H2,1H3/b4-3-/t8-,9-,10+,11-,12?/m1/s1. The molecule has 6 heteroatoms. The molecule has 4 N–H and O–H groups in total. The number of rotatable bonds is 6. The van der Waals surface area contributed by atoms with Gasteiger partial charge < -0.3 is 25.2 Å². The molecule has 1 rings (SSSR count). The van der Waals surface area contributed by atoms with Crippen LogP contribution in [0.4, 0.5) is 0 Å². The van der Waals surface area contributed by atoms with Gasteiger partial charge >= 0.3 is 0 Å². The Balaban J connectivity index is 2.41. The predicted octanol–water partition coefficient (Wildman–Crippen LogP) is -0.124. The van der Waals surface area contributed by atoms with E-state index in [2.05, 4.69) is 19.1 Å². The van der Waals surface area contributed by atoms with E-state index in [1.807, 2.05) is 0 Å². The smallest absolute Gasteiger partial charge is 0.132 e. The fraction of sp³-hybridized carbons (Fsp3) is 0.833. The van der Waals surface area contributed by atoms with Crippen molar-refractivity contribution in [1.29, 1.82) is 0 Å². The van der Waals surface area contributed by atoms with Crippen LogP contribution >= 0.6 is 11.8 Å². The molecular formula is C12H22O5S. The zero-order valence-electron chi connectivity index (χ0n) is 10.5. The van der Waals surface area contributed by atoms with Gasteiger partial charge in [0.05, 0.1) is 6.61 Å². The van der Waals surface area contributed by atoms with Gasteiger partial charge in [0.25, 0.3) is 0 Å². The third kappa shape index (κ3) is 4.22. The average molecular weight is 278 g/mol. The first kappa shape index (κ1) is 15.9. The number of thioether (sulfide) groups is 1. The highest BCUT2D eigenvalue weighted by Gasteiger charge is 2.43. The Kier molecular flexibility index (Phi) is 7.21. The highest BCUT2D eigenvalue weighted by atomic mass is 32.2. The first-order valence-electron chi connectivity index (χ1n) is 6.19. The van der Waals surface area contributed by atoms with Crippen LogP contribution in [0.1, 0.15) is 19.8 Å². The van der Waals surface area contributed by atoms with Crippen molar-refractivity contribution in [2.24, 2.45) is 0 Å². The van der Waals surface area contributed by atoms with Crippen molar-refractivity contribution in [3.63, 3.8) is 0 Å². The summed E-state index contributed by atoms with van der Waals surface area (Å²) >= 11 is 1.38. The van der Waals surface area contributed by atoms with Crippen LogP contribution in [0.3, 0.4) is 0 Å². The quantitative estimate of drug-likeness (QED) is 0.400. The van der Waals surface area contributed by atoms with Crippen molar-refractivity contribution in [3.05, 3.63) is 12.2 Å². The first-order chi connectivity index (χ1) is 8.61. The summed E-state index contributed by atoms with van der Waals surface area (Å²) in [6, 6.07) is 0. The van der Waals surface area contributed by atoms with Gasteiger partial charge in [0.2, 0.25) is 0 Å². The average Bonchev–Trinajstić information content (AvgIpc) is 2.38. The minimum absolute atomic E-state index is 0.377. The zero-order valence-corrected chi connectivity index (χ0v) is 11.3. The molecule has 0 aromatic heterocycles. The summed E-state index contributed by atoms with van der Waals surface area (Å²) < 4.78 is 5.37. The lowest BCUT2D eigenvalue weighted by atomic mass is 10.0. The molecule has 1 aliphatic rings. The van der Waals surface area contributed by atoms with Crippen molar-refractivity contribution in [1.82, 2.24) is 0 Å². The normalized spacial score (nSPS) is 37.3. The molecule has 0 saturated carbocycles. The van der Waals surface area contributed by atoms with E-state index in [9.17, 15) is 15.3 Å². The second-order valence-electron chi connectivity index (χ2n) is 4.24. The van der Waals surface area contributed by atoms with E-state index in [1.165, 1.54) is 11.8 Å². The molecule has 18 heavy (non-hydrogen) atoms. The molecule has 5 atom stereocenters. The summed E-state index contributed by atoms with van der Waals surface area (Å²) in [5, 5.41) is 38.0. The minimum Gasteiger partial charge on any atom is -0.394 e. The van der Waals surface area contributed by atoms with Crippen LogP contribution in [0.25, 0.3) is 0 Å². The molecule has 1 heterocycles. The fourth-order valence-electron chi connectivity index (χ4n) is 1.74. The lowest BCUT2D eigenvalue weighted by Gasteiger charge is -2.39.